The molecule has 1 saturated carbocycles. The van der Waals surface area contributed by atoms with Crippen molar-refractivity contribution in [2.24, 2.45) is 11.7 Å². The van der Waals surface area contributed by atoms with Gasteiger partial charge in [-0.25, -0.2) is 4.39 Å². The van der Waals surface area contributed by atoms with Crippen LogP contribution in [0.3, 0.4) is 0 Å². The molecule has 0 bridgehead atoms. The molecule has 1 aliphatic heterocycles. The van der Waals surface area contributed by atoms with Crippen molar-refractivity contribution in [2.45, 2.75) is 57.5 Å². The first kappa shape index (κ1) is 13.9. The van der Waals surface area contributed by atoms with Gasteiger partial charge in [-0.05, 0) is 50.2 Å². The van der Waals surface area contributed by atoms with Gasteiger partial charge in [0, 0.05) is 18.6 Å². The van der Waals surface area contributed by atoms with Crippen molar-refractivity contribution in [1.29, 1.82) is 0 Å². The highest BCUT2D eigenvalue weighted by molar-refractivity contribution is 5.57. The lowest BCUT2D eigenvalue weighted by Gasteiger charge is -2.46. The smallest absolute Gasteiger partial charge is 0.146 e. The first-order valence-electron chi connectivity index (χ1n) is 7.99. The minimum absolute atomic E-state index is 0.106. The molecule has 1 aromatic rings. The molecule has 20 heavy (non-hydrogen) atoms. The molecule has 3 heteroatoms. The number of halogens is 1. The maximum absolute atomic E-state index is 14.5. The van der Waals surface area contributed by atoms with Crippen LogP contribution >= 0.6 is 0 Å². The largest absolute Gasteiger partial charge is 0.366 e. The topological polar surface area (TPSA) is 29.3 Å². The lowest BCUT2D eigenvalue weighted by atomic mass is 9.78. The number of benzene rings is 1. The lowest BCUT2D eigenvalue weighted by molar-refractivity contribution is 0.242. The van der Waals surface area contributed by atoms with Gasteiger partial charge in [-0.2, -0.15) is 0 Å². The summed E-state index contributed by atoms with van der Waals surface area (Å²) in [5.41, 5.74) is 7.80. The average molecular weight is 276 g/mol. The Hall–Kier alpha value is -1.09. The molecular formula is C17H25FN2. The zero-order chi connectivity index (χ0) is 14.1. The highest BCUT2D eigenvalue weighted by Gasteiger charge is 2.35. The van der Waals surface area contributed by atoms with Crippen molar-refractivity contribution >= 4 is 5.69 Å². The van der Waals surface area contributed by atoms with Crippen LogP contribution in [0.5, 0.6) is 0 Å². The van der Waals surface area contributed by atoms with E-state index in [-0.39, 0.29) is 11.9 Å². The Morgan fingerprint density at radius 2 is 1.95 bits per heavy atom. The highest BCUT2D eigenvalue weighted by Crippen LogP contribution is 2.40. The third-order valence-corrected chi connectivity index (χ3v) is 5.04. The van der Waals surface area contributed by atoms with Crippen LogP contribution in [0.1, 0.15) is 57.1 Å². The van der Waals surface area contributed by atoms with E-state index < -0.39 is 0 Å². The molecule has 0 radical (unpaired) electrons. The van der Waals surface area contributed by atoms with Gasteiger partial charge in [-0.1, -0.05) is 25.0 Å². The van der Waals surface area contributed by atoms with E-state index in [2.05, 4.69) is 4.90 Å². The summed E-state index contributed by atoms with van der Waals surface area (Å²) >= 11 is 0. The van der Waals surface area contributed by atoms with E-state index in [4.69, 9.17) is 5.73 Å². The SMILES string of the molecule is CC(N)c1cccc(F)c1N1CCCC2CCCCC21. The second-order valence-electron chi connectivity index (χ2n) is 6.41. The molecule has 1 aromatic carbocycles. The van der Waals surface area contributed by atoms with Crippen LogP contribution in [-0.2, 0) is 0 Å². The summed E-state index contributed by atoms with van der Waals surface area (Å²) < 4.78 is 14.5. The van der Waals surface area contributed by atoms with Gasteiger partial charge < -0.3 is 10.6 Å². The van der Waals surface area contributed by atoms with Crippen molar-refractivity contribution in [3.8, 4) is 0 Å². The van der Waals surface area contributed by atoms with Gasteiger partial charge in [0.15, 0.2) is 0 Å². The van der Waals surface area contributed by atoms with Gasteiger partial charge >= 0.3 is 0 Å². The number of hydrogen-bond donors (Lipinski definition) is 1. The van der Waals surface area contributed by atoms with Crippen molar-refractivity contribution in [3.05, 3.63) is 29.6 Å². The summed E-state index contributed by atoms with van der Waals surface area (Å²) in [4.78, 5) is 2.33. The van der Waals surface area contributed by atoms with E-state index in [1.54, 1.807) is 12.1 Å². The van der Waals surface area contributed by atoms with E-state index >= 15 is 0 Å². The van der Waals surface area contributed by atoms with Gasteiger partial charge in [0.2, 0.25) is 0 Å². The lowest BCUT2D eigenvalue weighted by Crippen LogP contribution is -2.47. The number of fused-ring (bicyclic) bond motifs is 1. The van der Waals surface area contributed by atoms with Crippen LogP contribution in [0.4, 0.5) is 10.1 Å². The molecule has 0 aromatic heterocycles. The molecule has 3 unspecified atom stereocenters. The van der Waals surface area contributed by atoms with Gasteiger partial charge in [0.1, 0.15) is 5.82 Å². The minimum atomic E-state index is -0.121. The van der Waals surface area contributed by atoms with Gasteiger partial charge in [0.05, 0.1) is 5.69 Å². The van der Waals surface area contributed by atoms with E-state index in [0.29, 0.717) is 6.04 Å². The van der Waals surface area contributed by atoms with Gasteiger partial charge in [0.25, 0.3) is 0 Å². The maximum atomic E-state index is 14.5. The predicted molar refractivity (Wildman–Crippen MR) is 81.3 cm³/mol. The summed E-state index contributed by atoms with van der Waals surface area (Å²) in [6, 6.07) is 5.74. The third kappa shape index (κ3) is 2.44. The number of anilines is 1. The van der Waals surface area contributed by atoms with Crippen molar-refractivity contribution in [1.82, 2.24) is 0 Å². The first-order chi connectivity index (χ1) is 9.68. The summed E-state index contributed by atoms with van der Waals surface area (Å²) in [5, 5.41) is 0. The van der Waals surface area contributed by atoms with Crippen molar-refractivity contribution in [2.75, 3.05) is 11.4 Å². The molecule has 2 aliphatic rings. The number of hydrogen-bond acceptors (Lipinski definition) is 2. The van der Waals surface area contributed by atoms with E-state index in [9.17, 15) is 4.39 Å². The van der Waals surface area contributed by atoms with Crippen LogP contribution in [0.25, 0.3) is 0 Å². The predicted octanol–water partition coefficient (Wildman–Crippen LogP) is 4.00. The summed E-state index contributed by atoms with van der Waals surface area (Å²) in [6.07, 6.45) is 7.61. The number of piperidine rings is 1. The Morgan fingerprint density at radius 1 is 1.20 bits per heavy atom. The van der Waals surface area contributed by atoms with E-state index in [0.717, 1.165) is 23.7 Å². The Bertz CT molecular complexity index is 470. The second kappa shape index (κ2) is 5.72. The Labute approximate surface area is 121 Å². The van der Waals surface area contributed by atoms with Crippen molar-refractivity contribution < 1.29 is 4.39 Å². The molecule has 1 aliphatic carbocycles. The van der Waals surface area contributed by atoms with Crippen LogP contribution in [0, 0.1) is 11.7 Å². The van der Waals surface area contributed by atoms with Crippen LogP contribution in [-0.4, -0.2) is 12.6 Å². The number of rotatable bonds is 2. The zero-order valence-electron chi connectivity index (χ0n) is 12.3. The second-order valence-corrected chi connectivity index (χ2v) is 6.41. The van der Waals surface area contributed by atoms with Crippen LogP contribution in [0.2, 0.25) is 0 Å². The fourth-order valence-corrected chi connectivity index (χ4v) is 4.10. The van der Waals surface area contributed by atoms with E-state index in [1.165, 1.54) is 38.5 Å². The van der Waals surface area contributed by atoms with Crippen molar-refractivity contribution in [3.63, 3.8) is 0 Å². The van der Waals surface area contributed by atoms with Crippen LogP contribution in [0.15, 0.2) is 18.2 Å². The number of para-hydroxylation sites is 1. The van der Waals surface area contributed by atoms with Gasteiger partial charge in [-0.3, -0.25) is 0 Å². The summed E-state index contributed by atoms with van der Waals surface area (Å²) in [7, 11) is 0. The Morgan fingerprint density at radius 3 is 2.75 bits per heavy atom. The molecule has 1 saturated heterocycles. The number of nitrogens with two attached hydrogens (primary N) is 1. The molecule has 2 fully saturated rings. The molecule has 2 N–H and O–H groups in total. The monoisotopic (exact) mass is 276 g/mol. The molecule has 2 nitrogen and oxygen atoms in total. The zero-order valence-corrected chi connectivity index (χ0v) is 12.3. The van der Waals surface area contributed by atoms with Gasteiger partial charge in [-0.15, -0.1) is 0 Å². The molecular weight excluding hydrogens is 251 g/mol. The maximum Gasteiger partial charge on any atom is 0.146 e. The normalized spacial score (nSPS) is 28.1. The fourth-order valence-electron chi connectivity index (χ4n) is 4.10. The molecule has 110 valence electrons. The summed E-state index contributed by atoms with van der Waals surface area (Å²) in [6.45, 7) is 2.92. The first-order valence-corrected chi connectivity index (χ1v) is 7.99. The quantitative estimate of drug-likeness (QED) is 0.884. The molecule has 3 atom stereocenters. The standard InChI is InChI=1S/C17H25FN2/c1-12(19)14-8-4-9-15(18)17(14)20-11-5-7-13-6-2-3-10-16(13)20/h4,8-9,12-13,16H,2-3,5-7,10-11,19H2,1H3. The van der Waals surface area contributed by atoms with Crippen LogP contribution < -0.4 is 10.6 Å². The third-order valence-electron chi connectivity index (χ3n) is 5.04. The Kier molecular flexibility index (Phi) is 3.97. The fraction of sp³-hybridized carbons (Fsp3) is 0.647. The highest BCUT2D eigenvalue weighted by atomic mass is 19.1. The average Bonchev–Trinajstić information content (AvgIpc) is 2.46. The number of nitrogens with zero attached hydrogens (tertiary/aromatic N) is 1. The van der Waals surface area contributed by atoms with E-state index in [1.807, 2.05) is 13.0 Å². The molecule has 1 heterocycles. The molecule has 3 rings (SSSR count). The molecule has 0 amide bonds. The molecule has 0 spiro atoms. The minimum Gasteiger partial charge on any atom is -0.366 e. The Balaban J connectivity index is 1.98. The summed E-state index contributed by atoms with van der Waals surface area (Å²) in [5.74, 6) is 0.643.